The summed E-state index contributed by atoms with van der Waals surface area (Å²) in [5, 5.41) is 4.30. The number of rotatable bonds is 4. The van der Waals surface area contributed by atoms with Gasteiger partial charge in [0.2, 0.25) is 5.91 Å². The number of hydrogen-bond acceptors (Lipinski definition) is 5. The van der Waals surface area contributed by atoms with Gasteiger partial charge in [-0.3, -0.25) is 4.79 Å². The molecule has 24 heavy (non-hydrogen) atoms. The van der Waals surface area contributed by atoms with Crippen LogP contribution in [0.25, 0.3) is 0 Å². The van der Waals surface area contributed by atoms with Crippen molar-refractivity contribution in [1.82, 2.24) is 4.98 Å². The predicted molar refractivity (Wildman–Crippen MR) is 96.8 cm³/mol. The lowest BCUT2D eigenvalue weighted by Gasteiger charge is -2.06. The molecule has 5 nitrogen and oxygen atoms in total. The Balaban J connectivity index is 1.67. The first kappa shape index (κ1) is 17.7. The van der Waals surface area contributed by atoms with E-state index < -0.39 is 15.8 Å². The lowest BCUT2D eigenvalue weighted by atomic mass is 10.1. The number of nitrogens with zero attached hydrogens (tertiary/aromatic N) is 1. The van der Waals surface area contributed by atoms with Gasteiger partial charge >= 0.3 is 0 Å². The Labute approximate surface area is 153 Å². The topological polar surface area (TPSA) is 76.1 Å². The molecule has 0 bridgehead atoms. The molecule has 1 atom stereocenters. The monoisotopic (exact) mass is 404 g/mol. The maximum atomic E-state index is 12.1. The Kier molecular flexibility index (Phi) is 5.15. The van der Waals surface area contributed by atoms with E-state index >= 15 is 0 Å². The van der Waals surface area contributed by atoms with Gasteiger partial charge in [-0.05, 0) is 24.1 Å². The number of benzene rings is 1. The maximum Gasteiger partial charge on any atom is 0.230 e. The van der Waals surface area contributed by atoms with Gasteiger partial charge in [0.15, 0.2) is 15.0 Å². The van der Waals surface area contributed by atoms with Gasteiger partial charge < -0.3 is 5.32 Å². The average molecular weight is 405 g/mol. The number of thiazole rings is 1. The normalized spacial score (nSPS) is 19.3. The number of carbonyl (C=O) groups is 1. The summed E-state index contributed by atoms with van der Waals surface area (Å²) in [5.41, 5.74) is 0.809. The van der Waals surface area contributed by atoms with Crippen LogP contribution < -0.4 is 5.32 Å². The van der Waals surface area contributed by atoms with Crippen molar-refractivity contribution in [2.45, 2.75) is 12.8 Å². The SMILES string of the molecule is O=C(Nc1ncc(Cc2c(Cl)cccc2Cl)s1)[C@@H]1CCS(=O)(=O)C1. The second-order valence-corrected chi connectivity index (χ2v) is 9.76. The molecule has 1 aromatic carbocycles. The summed E-state index contributed by atoms with van der Waals surface area (Å²) in [7, 11) is -3.08. The molecule has 1 saturated heterocycles. The molecule has 1 aromatic heterocycles. The molecule has 0 aliphatic carbocycles. The van der Waals surface area contributed by atoms with Crippen LogP contribution in [0.4, 0.5) is 5.13 Å². The largest absolute Gasteiger partial charge is 0.302 e. The molecular formula is C15H14Cl2N2O3S2. The van der Waals surface area contributed by atoms with E-state index in [2.05, 4.69) is 10.3 Å². The van der Waals surface area contributed by atoms with E-state index in [0.717, 1.165) is 10.4 Å². The number of anilines is 1. The number of hydrogen-bond donors (Lipinski definition) is 1. The van der Waals surface area contributed by atoms with Crippen LogP contribution in [0.3, 0.4) is 0 Å². The Morgan fingerprint density at radius 3 is 2.67 bits per heavy atom. The zero-order chi connectivity index (χ0) is 17.3. The van der Waals surface area contributed by atoms with Crippen LogP contribution in [0.1, 0.15) is 16.9 Å². The van der Waals surface area contributed by atoms with Crippen molar-refractivity contribution in [2.24, 2.45) is 5.92 Å². The second-order valence-electron chi connectivity index (χ2n) is 5.60. The third-order valence-electron chi connectivity index (χ3n) is 3.80. The number of sulfone groups is 1. The molecular weight excluding hydrogens is 391 g/mol. The maximum absolute atomic E-state index is 12.1. The predicted octanol–water partition coefficient (Wildman–Crippen LogP) is 3.41. The smallest absolute Gasteiger partial charge is 0.230 e. The number of amides is 1. The van der Waals surface area contributed by atoms with Gasteiger partial charge in [-0.15, -0.1) is 11.3 Å². The summed E-state index contributed by atoms with van der Waals surface area (Å²) in [5.74, 6) is -0.820. The Bertz CT molecular complexity index is 860. The zero-order valence-corrected chi connectivity index (χ0v) is 15.6. The highest BCUT2D eigenvalue weighted by Gasteiger charge is 2.33. The summed E-state index contributed by atoms with van der Waals surface area (Å²) < 4.78 is 22.9. The van der Waals surface area contributed by atoms with Gasteiger partial charge in [-0.25, -0.2) is 13.4 Å². The first-order chi connectivity index (χ1) is 11.3. The second kappa shape index (κ2) is 7.00. The highest BCUT2D eigenvalue weighted by Crippen LogP contribution is 2.30. The summed E-state index contributed by atoms with van der Waals surface area (Å²) >= 11 is 13.6. The fourth-order valence-electron chi connectivity index (χ4n) is 2.53. The van der Waals surface area contributed by atoms with Gasteiger partial charge in [0.25, 0.3) is 0 Å². The van der Waals surface area contributed by atoms with Gasteiger partial charge in [-0.1, -0.05) is 29.3 Å². The highest BCUT2D eigenvalue weighted by atomic mass is 35.5. The number of nitrogens with one attached hydrogen (secondary N) is 1. The van der Waals surface area contributed by atoms with Gasteiger partial charge in [-0.2, -0.15) is 0 Å². The van der Waals surface area contributed by atoms with Crippen LogP contribution in [-0.2, 0) is 21.1 Å². The number of aromatic nitrogens is 1. The minimum atomic E-state index is -3.08. The van der Waals surface area contributed by atoms with E-state index in [1.54, 1.807) is 24.4 Å². The van der Waals surface area contributed by atoms with Gasteiger partial charge in [0.05, 0.1) is 17.4 Å². The summed E-state index contributed by atoms with van der Waals surface area (Å²) in [6.07, 6.45) is 2.54. The molecule has 1 amide bonds. The molecule has 1 aliphatic rings. The lowest BCUT2D eigenvalue weighted by molar-refractivity contribution is -0.119. The minimum Gasteiger partial charge on any atom is -0.302 e. The average Bonchev–Trinajstić information content (AvgIpc) is 3.09. The van der Waals surface area contributed by atoms with Crippen molar-refractivity contribution in [3.63, 3.8) is 0 Å². The van der Waals surface area contributed by atoms with Crippen molar-refractivity contribution < 1.29 is 13.2 Å². The molecule has 1 fully saturated rings. The van der Waals surface area contributed by atoms with Gasteiger partial charge in [0, 0.05) is 27.5 Å². The number of carbonyl (C=O) groups excluding carboxylic acids is 1. The van der Waals surface area contributed by atoms with Crippen LogP contribution in [0.2, 0.25) is 10.0 Å². The summed E-state index contributed by atoms with van der Waals surface area (Å²) in [6.45, 7) is 0. The standard InChI is InChI=1S/C15H14Cl2N2O3S2/c16-12-2-1-3-13(17)11(12)6-10-7-18-15(23-10)19-14(20)9-4-5-24(21,22)8-9/h1-3,7,9H,4-6,8H2,(H,18,19,20)/t9-/m1/s1. The first-order valence-electron chi connectivity index (χ1n) is 7.23. The van der Waals surface area contributed by atoms with E-state index in [0.29, 0.717) is 28.0 Å². The lowest BCUT2D eigenvalue weighted by Crippen LogP contribution is -2.23. The Morgan fingerprint density at radius 1 is 1.33 bits per heavy atom. The van der Waals surface area contributed by atoms with E-state index in [4.69, 9.17) is 23.2 Å². The van der Waals surface area contributed by atoms with Crippen molar-refractivity contribution in [2.75, 3.05) is 16.8 Å². The molecule has 0 saturated carbocycles. The third kappa shape index (κ3) is 4.08. The van der Waals surface area contributed by atoms with Crippen molar-refractivity contribution in [1.29, 1.82) is 0 Å². The zero-order valence-electron chi connectivity index (χ0n) is 12.5. The molecule has 0 radical (unpaired) electrons. The molecule has 0 spiro atoms. The van der Waals surface area contributed by atoms with Crippen molar-refractivity contribution in [3.8, 4) is 0 Å². The molecule has 0 unspecified atom stereocenters. The van der Waals surface area contributed by atoms with Gasteiger partial charge in [0.1, 0.15) is 0 Å². The molecule has 9 heteroatoms. The van der Waals surface area contributed by atoms with E-state index in [-0.39, 0.29) is 17.4 Å². The van der Waals surface area contributed by atoms with Crippen molar-refractivity contribution in [3.05, 3.63) is 44.9 Å². The minimum absolute atomic E-state index is 0.0687. The molecule has 128 valence electrons. The quantitative estimate of drug-likeness (QED) is 0.846. The van der Waals surface area contributed by atoms with Crippen LogP contribution in [-0.4, -0.2) is 30.8 Å². The molecule has 2 heterocycles. The molecule has 2 aromatic rings. The van der Waals surface area contributed by atoms with Crippen LogP contribution in [0.5, 0.6) is 0 Å². The Morgan fingerprint density at radius 2 is 2.04 bits per heavy atom. The number of halogens is 2. The van der Waals surface area contributed by atoms with Crippen LogP contribution in [0.15, 0.2) is 24.4 Å². The molecule has 1 aliphatic heterocycles. The van der Waals surface area contributed by atoms with E-state index in [9.17, 15) is 13.2 Å². The highest BCUT2D eigenvalue weighted by molar-refractivity contribution is 7.91. The fraction of sp³-hybridized carbons (Fsp3) is 0.333. The third-order valence-corrected chi connectivity index (χ3v) is 7.19. The summed E-state index contributed by atoms with van der Waals surface area (Å²) in [6, 6.07) is 5.32. The summed E-state index contributed by atoms with van der Waals surface area (Å²) in [4.78, 5) is 17.2. The van der Waals surface area contributed by atoms with E-state index in [1.165, 1.54) is 11.3 Å². The fourth-order valence-corrected chi connectivity index (χ4v) is 5.63. The van der Waals surface area contributed by atoms with E-state index in [1.807, 2.05) is 0 Å². The molecule has 3 rings (SSSR count). The molecule has 1 N–H and O–H groups in total. The van der Waals surface area contributed by atoms with Crippen LogP contribution >= 0.6 is 34.5 Å². The Hall–Kier alpha value is -1.15. The van der Waals surface area contributed by atoms with Crippen molar-refractivity contribution >= 4 is 55.4 Å². The first-order valence-corrected chi connectivity index (χ1v) is 10.6. The van der Waals surface area contributed by atoms with Crippen LogP contribution in [0, 0.1) is 5.92 Å².